The van der Waals surface area contributed by atoms with E-state index in [1.54, 1.807) is 24.0 Å². The van der Waals surface area contributed by atoms with Crippen LogP contribution in [-0.2, 0) is 16.0 Å². The minimum absolute atomic E-state index is 0.0496. The van der Waals surface area contributed by atoms with Gasteiger partial charge in [-0.3, -0.25) is 9.59 Å². The Morgan fingerprint density at radius 2 is 1.79 bits per heavy atom. The first-order chi connectivity index (χ1) is 9.06. The summed E-state index contributed by atoms with van der Waals surface area (Å²) in [5.41, 5.74) is 0.820. The molecule has 3 nitrogen and oxygen atoms in total. The number of benzene rings is 1. The molecule has 4 heteroatoms. The number of hydrogen-bond donors (Lipinski definition) is 0. The van der Waals surface area contributed by atoms with Crippen molar-refractivity contribution in [1.82, 2.24) is 4.90 Å². The SMILES string of the molecule is CC(=O)C1CCN(C(=O)Cc2ccc(F)cc2)CC1. The summed E-state index contributed by atoms with van der Waals surface area (Å²) in [7, 11) is 0. The van der Waals surface area contributed by atoms with Crippen LogP contribution in [-0.4, -0.2) is 29.7 Å². The molecule has 2 rings (SSSR count). The van der Waals surface area contributed by atoms with E-state index in [0.29, 0.717) is 19.5 Å². The molecule has 0 bridgehead atoms. The number of carbonyl (C=O) groups is 2. The summed E-state index contributed by atoms with van der Waals surface area (Å²) in [6.07, 6.45) is 1.81. The molecular formula is C15H18FNO2. The van der Waals surface area contributed by atoms with Gasteiger partial charge in [0.2, 0.25) is 5.91 Å². The summed E-state index contributed by atoms with van der Waals surface area (Å²) >= 11 is 0. The number of piperidine rings is 1. The van der Waals surface area contributed by atoms with E-state index in [2.05, 4.69) is 0 Å². The molecule has 0 aromatic heterocycles. The van der Waals surface area contributed by atoms with Gasteiger partial charge in [0.15, 0.2) is 0 Å². The first-order valence-corrected chi connectivity index (χ1v) is 6.59. The fraction of sp³-hybridized carbons (Fsp3) is 0.467. The number of ketones is 1. The molecular weight excluding hydrogens is 245 g/mol. The van der Waals surface area contributed by atoms with Gasteiger partial charge in [-0.15, -0.1) is 0 Å². The lowest BCUT2D eigenvalue weighted by Crippen LogP contribution is -2.40. The largest absolute Gasteiger partial charge is 0.342 e. The van der Waals surface area contributed by atoms with E-state index in [9.17, 15) is 14.0 Å². The van der Waals surface area contributed by atoms with Crippen molar-refractivity contribution < 1.29 is 14.0 Å². The van der Waals surface area contributed by atoms with E-state index >= 15 is 0 Å². The topological polar surface area (TPSA) is 37.4 Å². The highest BCUT2D eigenvalue weighted by molar-refractivity contribution is 5.80. The van der Waals surface area contributed by atoms with E-state index in [0.717, 1.165) is 18.4 Å². The minimum Gasteiger partial charge on any atom is -0.342 e. The third-order valence-electron chi connectivity index (χ3n) is 3.69. The second kappa shape index (κ2) is 5.95. The van der Waals surface area contributed by atoms with Gasteiger partial charge in [-0.05, 0) is 37.5 Å². The molecule has 1 aromatic rings. The van der Waals surface area contributed by atoms with Gasteiger partial charge >= 0.3 is 0 Å². The van der Waals surface area contributed by atoms with Crippen LogP contribution in [0.1, 0.15) is 25.3 Å². The van der Waals surface area contributed by atoms with Crippen molar-refractivity contribution in [3.63, 3.8) is 0 Å². The lowest BCUT2D eigenvalue weighted by atomic mass is 9.93. The standard InChI is InChI=1S/C15H18FNO2/c1-11(18)13-6-8-17(9-7-13)15(19)10-12-2-4-14(16)5-3-12/h2-5,13H,6-10H2,1H3. The number of rotatable bonds is 3. The summed E-state index contributed by atoms with van der Waals surface area (Å²) in [6.45, 7) is 2.90. The molecule has 0 radical (unpaired) electrons. The van der Waals surface area contributed by atoms with E-state index in [4.69, 9.17) is 0 Å². The predicted molar refractivity (Wildman–Crippen MR) is 70.1 cm³/mol. The van der Waals surface area contributed by atoms with Crippen LogP contribution in [0.5, 0.6) is 0 Å². The highest BCUT2D eigenvalue weighted by Crippen LogP contribution is 2.18. The lowest BCUT2D eigenvalue weighted by Gasteiger charge is -2.31. The van der Waals surface area contributed by atoms with Crippen molar-refractivity contribution in [2.75, 3.05) is 13.1 Å². The van der Waals surface area contributed by atoms with Crippen molar-refractivity contribution in [2.24, 2.45) is 5.92 Å². The number of likely N-dealkylation sites (tertiary alicyclic amines) is 1. The molecule has 19 heavy (non-hydrogen) atoms. The molecule has 102 valence electrons. The van der Waals surface area contributed by atoms with Crippen LogP contribution in [0.15, 0.2) is 24.3 Å². The monoisotopic (exact) mass is 263 g/mol. The van der Waals surface area contributed by atoms with Crippen molar-refractivity contribution in [3.8, 4) is 0 Å². The zero-order chi connectivity index (χ0) is 13.8. The van der Waals surface area contributed by atoms with Crippen molar-refractivity contribution in [1.29, 1.82) is 0 Å². The van der Waals surface area contributed by atoms with Crippen molar-refractivity contribution in [3.05, 3.63) is 35.6 Å². The molecule has 0 unspecified atom stereocenters. The Bertz CT molecular complexity index is 462. The number of nitrogens with zero attached hydrogens (tertiary/aromatic N) is 1. The highest BCUT2D eigenvalue weighted by Gasteiger charge is 2.24. The maximum absolute atomic E-state index is 12.8. The maximum Gasteiger partial charge on any atom is 0.226 e. The van der Waals surface area contributed by atoms with Crippen LogP contribution < -0.4 is 0 Å². The molecule has 1 saturated heterocycles. The normalized spacial score (nSPS) is 16.4. The molecule has 1 fully saturated rings. The molecule has 0 N–H and O–H groups in total. The summed E-state index contributed by atoms with van der Waals surface area (Å²) in [4.78, 5) is 25.1. The van der Waals surface area contributed by atoms with E-state index in [1.165, 1.54) is 12.1 Å². The van der Waals surface area contributed by atoms with Gasteiger partial charge < -0.3 is 4.90 Å². The average molecular weight is 263 g/mol. The summed E-state index contributed by atoms with van der Waals surface area (Å²) in [5, 5.41) is 0. The molecule has 1 heterocycles. The summed E-state index contributed by atoms with van der Waals surface area (Å²) in [6, 6.07) is 6.00. The van der Waals surface area contributed by atoms with Gasteiger partial charge in [0.1, 0.15) is 11.6 Å². The Morgan fingerprint density at radius 1 is 1.21 bits per heavy atom. The van der Waals surface area contributed by atoms with E-state index < -0.39 is 0 Å². The Labute approximate surface area is 112 Å². The van der Waals surface area contributed by atoms with Gasteiger partial charge in [-0.25, -0.2) is 4.39 Å². The molecule has 1 aliphatic heterocycles. The zero-order valence-electron chi connectivity index (χ0n) is 11.1. The van der Waals surface area contributed by atoms with Crippen molar-refractivity contribution >= 4 is 11.7 Å². The lowest BCUT2D eigenvalue weighted by molar-refractivity contribution is -0.134. The first kappa shape index (κ1) is 13.7. The number of amides is 1. The fourth-order valence-electron chi connectivity index (χ4n) is 2.42. The second-order valence-corrected chi connectivity index (χ2v) is 5.07. The molecule has 1 aromatic carbocycles. The van der Waals surface area contributed by atoms with Gasteiger partial charge in [-0.2, -0.15) is 0 Å². The minimum atomic E-state index is -0.293. The smallest absolute Gasteiger partial charge is 0.226 e. The van der Waals surface area contributed by atoms with E-state index in [-0.39, 0.29) is 23.4 Å². The summed E-state index contributed by atoms with van der Waals surface area (Å²) in [5.74, 6) is 0.0765. The van der Waals surface area contributed by atoms with Crippen LogP contribution in [0.25, 0.3) is 0 Å². The van der Waals surface area contributed by atoms with Crippen LogP contribution in [0.2, 0.25) is 0 Å². The fourth-order valence-corrected chi connectivity index (χ4v) is 2.42. The Balaban J connectivity index is 1.88. The van der Waals surface area contributed by atoms with Crippen LogP contribution in [0.4, 0.5) is 4.39 Å². The highest BCUT2D eigenvalue weighted by atomic mass is 19.1. The Kier molecular flexibility index (Phi) is 4.30. The summed E-state index contributed by atoms with van der Waals surface area (Å²) < 4.78 is 12.8. The third kappa shape index (κ3) is 3.63. The van der Waals surface area contributed by atoms with Crippen molar-refractivity contribution in [2.45, 2.75) is 26.2 Å². The van der Waals surface area contributed by atoms with Crippen LogP contribution in [0.3, 0.4) is 0 Å². The third-order valence-corrected chi connectivity index (χ3v) is 3.69. The maximum atomic E-state index is 12.8. The Morgan fingerprint density at radius 3 is 2.32 bits per heavy atom. The van der Waals surface area contributed by atoms with Gasteiger partial charge in [0.25, 0.3) is 0 Å². The number of carbonyl (C=O) groups excluding carboxylic acids is 2. The molecule has 1 amide bonds. The van der Waals surface area contributed by atoms with Crippen LogP contribution in [0, 0.1) is 11.7 Å². The molecule has 0 saturated carbocycles. The Hall–Kier alpha value is -1.71. The molecule has 1 aliphatic rings. The average Bonchev–Trinajstić information content (AvgIpc) is 2.41. The number of Topliss-reactive ketones (excluding diaryl/α,β-unsaturated/α-hetero) is 1. The van der Waals surface area contributed by atoms with Gasteiger partial charge in [0, 0.05) is 19.0 Å². The quantitative estimate of drug-likeness (QED) is 0.838. The van der Waals surface area contributed by atoms with Gasteiger partial charge in [-0.1, -0.05) is 12.1 Å². The number of hydrogen-bond acceptors (Lipinski definition) is 2. The second-order valence-electron chi connectivity index (χ2n) is 5.07. The number of halogens is 1. The predicted octanol–water partition coefficient (Wildman–Crippen LogP) is 2.20. The van der Waals surface area contributed by atoms with E-state index in [1.807, 2.05) is 0 Å². The van der Waals surface area contributed by atoms with Gasteiger partial charge in [0.05, 0.1) is 6.42 Å². The first-order valence-electron chi connectivity index (χ1n) is 6.59. The van der Waals surface area contributed by atoms with Crippen LogP contribution >= 0.6 is 0 Å². The molecule has 0 spiro atoms. The molecule has 0 atom stereocenters. The zero-order valence-corrected chi connectivity index (χ0v) is 11.1. The molecule has 0 aliphatic carbocycles.